The molecule has 0 aliphatic rings. The van der Waals surface area contributed by atoms with E-state index >= 15 is 0 Å². The standard InChI is InChI=1S/C18H18N2O/c1-2-21-18-10-9-17(13-20-18)19-12-14-7-8-15-5-3-4-6-16(15)11-14/h3-11,13,19H,2,12H2,1H3. The van der Waals surface area contributed by atoms with Gasteiger partial charge in [0.2, 0.25) is 5.88 Å². The van der Waals surface area contributed by atoms with Gasteiger partial charge in [0.1, 0.15) is 0 Å². The normalized spacial score (nSPS) is 10.5. The molecule has 2 aromatic carbocycles. The Kier molecular flexibility index (Phi) is 4.01. The van der Waals surface area contributed by atoms with Gasteiger partial charge in [-0.2, -0.15) is 0 Å². The third kappa shape index (κ3) is 3.31. The summed E-state index contributed by atoms with van der Waals surface area (Å²) in [6, 6.07) is 18.8. The van der Waals surface area contributed by atoms with Crippen LogP contribution in [0.2, 0.25) is 0 Å². The zero-order valence-corrected chi connectivity index (χ0v) is 12.0. The van der Waals surface area contributed by atoms with Gasteiger partial charge in [-0.05, 0) is 35.4 Å². The summed E-state index contributed by atoms with van der Waals surface area (Å²) in [7, 11) is 0. The van der Waals surface area contributed by atoms with Crippen LogP contribution in [0.15, 0.2) is 60.8 Å². The van der Waals surface area contributed by atoms with E-state index in [0.717, 1.165) is 12.2 Å². The molecule has 1 aromatic heterocycles. The molecule has 0 amide bonds. The molecule has 0 bridgehead atoms. The SMILES string of the molecule is CCOc1ccc(NCc2ccc3ccccc3c2)cn1. The maximum Gasteiger partial charge on any atom is 0.213 e. The number of nitrogens with zero attached hydrogens (tertiary/aromatic N) is 1. The second-order valence-corrected chi connectivity index (χ2v) is 4.85. The fraction of sp³-hybridized carbons (Fsp3) is 0.167. The van der Waals surface area contributed by atoms with Crippen molar-refractivity contribution in [3.8, 4) is 5.88 Å². The van der Waals surface area contributed by atoms with Crippen LogP contribution >= 0.6 is 0 Å². The molecule has 3 heteroatoms. The third-order valence-electron chi connectivity index (χ3n) is 3.34. The van der Waals surface area contributed by atoms with Crippen molar-refractivity contribution in [3.63, 3.8) is 0 Å². The van der Waals surface area contributed by atoms with Crippen molar-refractivity contribution < 1.29 is 4.74 Å². The number of nitrogens with one attached hydrogen (secondary N) is 1. The van der Waals surface area contributed by atoms with Gasteiger partial charge in [0.05, 0.1) is 18.5 Å². The highest BCUT2D eigenvalue weighted by Gasteiger charge is 1.98. The van der Waals surface area contributed by atoms with Crippen molar-refractivity contribution >= 4 is 16.5 Å². The first kappa shape index (κ1) is 13.4. The smallest absolute Gasteiger partial charge is 0.213 e. The van der Waals surface area contributed by atoms with E-state index in [-0.39, 0.29) is 0 Å². The van der Waals surface area contributed by atoms with E-state index in [1.54, 1.807) is 6.20 Å². The van der Waals surface area contributed by atoms with Gasteiger partial charge in [0.25, 0.3) is 0 Å². The third-order valence-corrected chi connectivity index (χ3v) is 3.34. The maximum absolute atomic E-state index is 5.33. The van der Waals surface area contributed by atoms with Crippen LogP contribution in [0, 0.1) is 0 Å². The zero-order chi connectivity index (χ0) is 14.5. The molecule has 0 atom stereocenters. The molecule has 21 heavy (non-hydrogen) atoms. The Hall–Kier alpha value is -2.55. The highest BCUT2D eigenvalue weighted by atomic mass is 16.5. The van der Waals surface area contributed by atoms with Crippen molar-refractivity contribution in [1.29, 1.82) is 0 Å². The van der Waals surface area contributed by atoms with Crippen LogP contribution in [0.1, 0.15) is 12.5 Å². The molecule has 0 fully saturated rings. The number of anilines is 1. The summed E-state index contributed by atoms with van der Waals surface area (Å²) in [6.45, 7) is 3.37. The molecular weight excluding hydrogens is 260 g/mol. The van der Waals surface area contributed by atoms with Crippen molar-refractivity contribution in [2.45, 2.75) is 13.5 Å². The van der Waals surface area contributed by atoms with Gasteiger partial charge in [-0.3, -0.25) is 0 Å². The van der Waals surface area contributed by atoms with Gasteiger partial charge in [0, 0.05) is 12.6 Å². The highest BCUT2D eigenvalue weighted by molar-refractivity contribution is 5.83. The molecule has 0 saturated heterocycles. The number of ether oxygens (including phenoxy) is 1. The molecule has 0 aliphatic heterocycles. The summed E-state index contributed by atoms with van der Waals surface area (Å²) in [5, 5.41) is 5.91. The summed E-state index contributed by atoms with van der Waals surface area (Å²) in [5.74, 6) is 0.661. The molecule has 3 aromatic rings. The minimum Gasteiger partial charge on any atom is -0.478 e. The number of aromatic nitrogens is 1. The molecule has 1 N–H and O–H groups in total. The molecule has 3 nitrogen and oxygen atoms in total. The van der Waals surface area contributed by atoms with Gasteiger partial charge in [-0.25, -0.2) is 4.98 Å². The summed E-state index contributed by atoms with van der Waals surface area (Å²) in [6.07, 6.45) is 1.80. The van der Waals surface area contributed by atoms with E-state index in [0.29, 0.717) is 12.5 Å². The molecule has 0 aliphatic carbocycles. The van der Waals surface area contributed by atoms with Crippen molar-refractivity contribution in [2.24, 2.45) is 0 Å². The van der Waals surface area contributed by atoms with Gasteiger partial charge in [-0.1, -0.05) is 36.4 Å². The van der Waals surface area contributed by atoms with Gasteiger partial charge < -0.3 is 10.1 Å². The topological polar surface area (TPSA) is 34.1 Å². The van der Waals surface area contributed by atoms with Crippen molar-refractivity contribution in [3.05, 3.63) is 66.4 Å². The van der Waals surface area contributed by atoms with Crippen molar-refractivity contribution in [2.75, 3.05) is 11.9 Å². The first-order valence-electron chi connectivity index (χ1n) is 7.15. The predicted octanol–water partition coefficient (Wildman–Crippen LogP) is 4.25. The lowest BCUT2D eigenvalue weighted by molar-refractivity contribution is 0.327. The summed E-state index contributed by atoms with van der Waals surface area (Å²) >= 11 is 0. The number of pyridine rings is 1. The quantitative estimate of drug-likeness (QED) is 0.757. The van der Waals surface area contributed by atoms with E-state index < -0.39 is 0 Å². The number of rotatable bonds is 5. The molecule has 0 radical (unpaired) electrons. The Bertz CT molecular complexity index is 723. The molecule has 3 rings (SSSR count). The molecular formula is C18H18N2O. The minimum absolute atomic E-state index is 0.636. The Labute approximate surface area is 124 Å². The highest BCUT2D eigenvalue weighted by Crippen LogP contribution is 2.17. The van der Waals surface area contributed by atoms with Crippen LogP contribution in [-0.4, -0.2) is 11.6 Å². The van der Waals surface area contributed by atoms with Crippen molar-refractivity contribution in [1.82, 2.24) is 4.98 Å². The van der Waals surface area contributed by atoms with E-state index in [1.165, 1.54) is 16.3 Å². The van der Waals surface area contributed by atoms with E-state index in [4.69, 9.17) is 4.74 Å². The van der Waals surface area contributed by atoms with Crippen LogP contribution in [0.3, 0.4) is 0 Å². The average molecular weight is 278 g/mol. The van der Waals surface area contributed by atoms with E-state index in [2.05, 4.69) is 52.8 Å². The van der Waals surface area contributed by atoms with E-state index in [9.17, 15) is 0 Å². The Morgan fingerprint density at radius 3 is 2.62 bits per heavy atom. The fourth-order valence-corrected chi connectivity index (χ4v) is 2.27. The van der Waals surface area contributed by atoms with Crippen LogP contribution in [-0.2, 0) is 6.54 Å². The minimum atomic E-state index is 0.636. The Morgan fingerprint density at radius 1 is 1.00 bits per heavy atom. The molecule has 106 valence electrons. The average Bonchev–Trinajstić information content (AvgIpc) is 2.54. The second kappa shape index (κ2) is 6.27. The summed E-state index contributed by atoms with van der Waals surface area (Å²) in [4.78, 5) is 4.25. The zero-order valence-electron chi connectivity index (χ0n) is 12.0. The van der Waals surface area contributed by atoms with Crippen LogP contribution in [0.4, 0.5) is 5.69 Å². The Morgan fingerprint density at radius 2 is 1.86 bits per heavy atom. The van der Waals surface area contributed by atoms with Gasteiger partial charge in [-0.15, -0.1) is 0 Å². The first-order chi connectivity index (χ1) is 10.3. The molecule has 0 saturated carbocycles. The van der Waals surface area contributed by atoms with Crippen LogP contribution in [0.25, 0.3) is 10.8 Å². The number of benzene rings is 2. The van der Waals surface area contributed by atoms with Gasteiger partial charge >= 0.3 is 0 Å². The lowest BCUT2D eigenvalue weighted by atomic mass is 10.1. The number of fused-ring (bicyclic) bond motifs is 1. The monoisotopic (exact) mass is 278 g/mol. The lowest BCUT2D eigenvalue weighted by Gasteiger charge is -2.08. The van der Waals surface area contributed by atoms with Crippen LogP contribution in [0.5, 0.6) is 5.88 Å². The number of hydrogen-bond donors (Lipinski definition) is 1. The summed E-state index contributed by atoms with van der Waals surface area (Å²) in [5.41, 5.74) is 2.24. The van der Waals surface area contributed by atoms with E-state index in [1.807, 2.05) is 19.1 Å². The molecule has 0 spiro atoms. The molecule has 1 heterocycles. The first-order valence-corrected chi connectivity index (χ1v) is 7.15. The lowest BCUT2D eigenvalue weighted by Crippen LogP contribution is -2.00. The number of hydrogen-bond acceptors (Lipinski definition) is 3. The largest absolute Gasteiger partial charge is 0.478 e. The second-order valence-electron chi connectivity index (χ2n) is 4.85. The Balaban J connectivity index is 1.68. The molecule has 0 unspecified atom stereocenters. The predicted molar refractivity (Wildman–Crippen MR) is 86.7 cm³/mol. The summed E-state index contributed by atoms with van der Waals surface area (Å²) < 4.78 is 5.33. The van der Waals surface area contributed by atoms with Gasteiger partial charge in [0.15, 0.2) is 0 Å². The fourth-order valence-electron chi connectivity index (χ4n) is 2.27. The van der Waals surface area contributed by atoms with Crippen LogP contribution < -0.4 is 10.1 Å². The maximum atomic E-state index is 5.33.